The molecule has 1 aromatic carbocycles. The number of nitrogens with zero attached hydrogens (tertiary/aromatic N) is 2. The molecule has 0 fully saturated rings. The largest absolute Gasteiger partial charge is 0.478 e. The molecular formula is C13H12FN3O2. The molecule has 5 nitrogen and oxygen atoms in total. The summed E-state index contributed by atoms with van der Waals surface area (Å²) in [5, 5.41) is 11.8. The molecule has 0 radical (unpaired) electrons. The van der Waals surface area contributed by atoms with Gasteiger partial charge in [-0.1, -0.05) is 6.07 Å². The van der Waals surface area contributed by atoms with E-state index in [9.17, 15) is 9.18 Å². The van der Waals surface area contributed by atoms with Gasteiger partial charge in [0, 0.05) is 6.20 Å². The van der Waals surface area contributed by atoms with Crippen LogP contribution >= 0.6 is 0 Å². The maximum atomic E-state index is 13.5. The highest BCUT2D eigenvalue weighted by molar-refractivity contribution is 5.88. The molecule has 0 saturated carbocycles. The zero-order valence-electron chi connectivity index (χ0n) is 10.2. The van der Waals surface area contributed by atoms with E-state index in [0.29, 0.717) is 11.4 Å². The quantitative estimate of drug-likeness (QED) is 0.882. The van der Waals surface area contributed by atoms with E-state index in [-0.39, 0.29) is 12.1 Å². The number of nitrogens with one attached hydrogen (secondary N) is 1. The number of halogens is 1. The molecule has 0 spiro atoms. The van der Waals surface area contributed by atoms with Gasteiger partial charge >= 0.3 is 5.97 Å². The molecule has 0 aliphatic carbocycles. The molecule has 0 unspecified atom stereocenters. The van der Waals surface area contributed by atoms with Crippen molar-refractivity contribution in [2.24, 2.45) is 0 Å². The normalized spacial score (nSPS) is 10.2. The van der Waals surface area contributed by atoms with Crippen molar-refractivity contribution in [1.82, 2.24) is 9.97 Å². The van der Waals surface area contributed by atoms with Gasteiger partial charge in [0.15, 0.2) is 0 Å². The molecule has 0 bridgehead atoms. The molecule has 0 aliphatic rings. The minimum Gasteiger partial charge on any atom is -0.478 e. The maximum absolute atomic E-state index is 13.5. The number of aromatic nitrogens is 2. The van der Waals surface area contributed by atoms with Gasteiger partial charge in [0.2, 0.25) is 0 Å². The van der Waals surface area contributed by atoms with Crippen molar-refractivity contribution in [3.8, 4) is 0 Å². The lowest BCUT2D eigenvalue weighted by molar-refractivity contribution is 0.0694. The molecule has 2 N–H and O–H groups in total. The molecule has 98 valence electrons. The molecular weight excluding hydrogens is 249 g/mol. The minimum absolute atomic E-state index is 0.00283. The Balaban J connectivity index is 2.19. The Labute approximate surface area is 109 Å². The van der Waals surface area contributed by atoms with Gasteiger partial charge in [0.25, 0.3) is 0 Å². The average molecular weight is 261 g/mol. The lowest BCUT2D eigenvalue weighted by Crippen LogP contribution is -2.10. The predicted octanol–water partition coefficient (Wildman–Crippen LogP) is 2.23. The minimum atomic E-state index is -1.11. The first-order chi connectivity index (χ1) is 9.08. The van der Waals surface area contributed by atoms with Crippen molar-refractivity contribution < 1.29 is 14.3 Å². The summed E-state index contributed by atoms with van der Waals surface area (Å²) in [4.78, 5) is 18.5. The Morgan fingerprint density at radius 1 is 1.47 bits per heavy atom. The molecule has 2 aromatic rings. The molecule has 6 heteroatoms. The fourth-order valence-electron chi connectivity index (χ4n) is 1.63. The third-order valence-electron chi connectivity index (χ3n) is 2.59. The van der Waals surface area contributed by atoms with E-state index < -0.39 is 11.8 Å². The Morgan fingerprint density at radius 3 is 3.00 bits per heavy atom. The van der Waals surface area contributed by atoms with Gasteiger partial charge in [-0.25, -0.2) is 19.2 Å². The summed E-state index contributed by atoms with van der Waals surface area (Å²) in [6, 6.07) is 4.67. The summed E-state index contributed by atoms with van der Waals surface area (Å²) in [7, 11) is 0. The summed E-state index contributed by atoms with van der Waals surface area (Å²) in [5.74, 6) is -1.50. The molecule has 1 aromatic heterocycles. The number of hydrogen-bond acceptors (Lipinski definition) is 4. The predicted molar refractivity (Wildman–Crippen MR) is 67.5 cm³/mol. The van der Waals surface area contributed by atoms with E-state index in [4.69, 9.17) is 5.11 Å². The van der Waals surface area contributed by atoms with Crippen LogP contribution in [0.2, 0.25) is 0 Å². The van der Waals surface area contributed by atoms with Gasteiger partial charge in [-0.05, 0) is 24.6 Å². The SMILES string of the molecule is Cc1ccc(F)c(NCc2ncncc2C(=O)O)c1. The standard InChI is InChI=1S/C13H12FN3O2/c1-8-2-3-10(14)11(4-8)16-6-12-9(13(18)19)5-15-7-17-12/h2-5,7,16H,6H2,1H3,(H,18,19). The second-order valence-corrected chi connectivity index (χ2v) is 4.03. The van der Waals surface area contributed by atoms with Gasteiger partial charge in [0.05, 0.1) is 17.9 Å². The topological polar surface area (TPSA) is 75.1 Å². The monoisotopic (exact) mass is 261 g/mol. The molecule has 0 saturated heterocycles. The molecule has 0 amide bonds. The summed E-state index contributed by atoms with van der Waals surface area (Å²) in [6.45, 7) is 1.96. The van der Waals surface area contributed by atoms with E-state index in [0.717, 1.165) is 5.56 Å². The van der Waals surface area contributed by atoms with Crippen molar-refractivity contribution in [1.29, 1.82) is 0 Å². The second kappa shape index (κ2) is 5.43. The van der Waals surface area contributed by atoms with E-state index in [1.54, 1.807) is 12.1 Å². The maximum Gasteiger partial charge on any atom is 0.339 e. The van der Waals surface area contributed by atoms with Crippen LogP contribution in [0.5, 0.6) is 0 Å². The highest BCUT2D eigenvalue weighted by atomic mass is 19.1. The zero-order valence-corrected chi connectivity index (χ0v) is 10.2. The van der Waals surface area contributed by atoms with Crippen molar-refractivity contribution in [2.75, 3.05) is 5.32 Å². The number of carbonyl (C=O) groups is 1. The first-order valence-electron chi connectivity index (χ1n) is 5.60. The average Bonchev–Trinajstić information content (AvgIpc) is 2.40. The van der Waals surface area contributed by atoms with Gasteiger partial charge in [-0.3, -0.25) is 0 Å². The van der Waals surface area contributed by atoms with Gasteiger partial charge < -0.3 is 10.4 Å². The molecule has 0 aliphatic heterocycles. The van der Waals surface area contributed by atoms with Gasteiger partial charge in [-0.2, -0.15) is 0 Å². The van der Waals surface area contributed by atoms with Gasteiger partial charge in [-0.15, -0.1) is 0 Å². The molecule has 2 rings (SSSR count). The van der Waals surface area contributed by atoms with Crippen molar-refractivity contribution >= 4 is 11.7 Å². The van der Waals surface area contributed by atoms with Crippen LogP contribution < -0.4 is 5.32 Å². The smallest absolute Gasteiger partial charge is 0.339 e. The number of aryl methyl sites for hydroxylation is 1. The van der Waals surface area contributed by atoms with Crippen LogP contribution in [0.1, 0.15) is 21.6 Å². The number of anilines is 1. The highest BCUT2D eigenvalue weighted by Gasteiger charge is 2.11. The highest BCUT2D eigenvalue weighted by Crippen LogP contribution is 2.17. The van der Waals surface area contributed by atoms with Crippen LogP contribution in [0, 0.1) is 12.7 Å². The summed E-state index contributed by atoms with van der Waals surface area (Å²) >= 11 is 0. The summed E-state index contributed by atoms with van der Waals surface area (Å²) in [5.41, 5.74) is 1.53. The fourth-order valence-corrected chi connectivity index (χ4v) is 1.63. The zero-order chi connectivity index (χ0) is 13.8. The Bertz CT molecular complexity index is 617. The van der Waals surface area contributed by atoms with Crippen LogP contribution in [0.4, 0.5) is 10.1 Å². The number of carboxylic acids is 1. The molecule has 1 heterocycles. The Hall–Kier alpha value is -2.50. The van der Waals surface area contributed by atoms with Crippen molar-refractivity contribution in [2.45, 2.75) is 13.5 Å². The third kappa shape index (κ3) is 3.04. The van der Waals surface area contributed by atoms with Crippen LogP contribution in [0.3, 0.4) is 0 Å². The van der Waals surface area contributed by atoms with Crippen molar-refractivity contribution in [3.05, 3.63) is 53.4 Å². The second-order valence-electron chi connectivity index (χ2n) is 4.03. The Kier molecular flexibility index (Phi) is 3.70. The fraction of sp³-hybridized carbons (Fsp3) is 0.154. The number of carboxylic acid groups (broad SMARTS) is 1. The lowest BCUT2D eigenvalue weighted by Gasteiger charge is -2.09. The van der Waals surface area contributed by atoms with E-state index >= 15 is 0 Å². The van der Waals surface area contributed by atoms with Gasteiger partial charge in [0.1, 0.15) is 17.7 Å². The van der Waals surface area contributed by atoms with Crippen LogP contribution in [-0.4, -0.2) is 21.0 Å². The lowest BCUT2D eigenvalue weighted by atomic mass is 10.2. The molecule has 0 atom stereocenters. The summed E-state index contributed by atoms with van der Waals surface area (Å²) < 4.78 is 13.5. The number of benzene rings is 1. The van der Waals surface area contributed by atoms with Crippen molar-refractivity contribution in [3.63, 3.8) is 0 Å². The summed E-state index contributed by atoms with van der Waals surface area (Å²) in [6.07, 6.45) is 2.48. The number of rotatable bonds is 4. The number of aromatic carboxylic acids is 1. The first-order valence-corrected chi connectivity index (χ1v) is 5.60. The molecule has 19 heavy (non-hydrogen) atoms. The van der Waals surface area contributed by atoms with Crippen LogP contribution in [0.15, 0.2) is 30.7 Å². The third-order valence-corrected chi connectivity index (χ3v) is 2.59. The number of hydrogen-bond donors (Lipinski definition) is 2. The van der Waals surface area contributed by atoms with Crippen LogP contribution in [-0.2, 0) is 6.54 Å². The van der Waals surface area contributed by atoms with E-state index in [1.165, 1.54) is 18.6 Å². The first kappa shape index (κ1) is 12.9. The Morgan fingerprint density at radius 2 is 2.26 bits per heavy atom. The van der Waals surface area contributed by atoms with Crippen LogP contribution in [0.25, 0.3) is 0 Å². The van der Waals surface area contributed by atoms with E-state index in [2.05, 4.69) is 15.3 Å². The van der Waals surface area contributed by atoms with E-state index in [1.807, 2.05) is 6.92 Å².